The van der Waals surface area contributed by atoms with E-state index in [2.05, 4.69) is 26.2 Å². The summed E-state index contributed by atoms with van der Waals surface area (Å²) in [4.78, 5) is 15.5. The third-order valence-corrected chi connectivity index (χ3v) is 2.95. The molecule has 1 heterocycles. The topological polar surface area (TPSA) is 42.0 Å². The van der Waals surface area contributed by atoms with Crippen LogP contribution in [0.25, 0.3) is 0 Å². The van der Waals surface area contributed by atoms with Crippen LogP contribution in [-0.4, -0.2) is 10.9 Å². The molecule has 0 fully saturated rings. The quantitative estimate of drug-likeness (QED) is 0.849. The van der Waals surface area contributed by atoms with E-state index in [9.17, 15) is 9.18 Å². The standard InChI is InChI=1S/C12H7BrClFN2O/c13-7-4-5-9(14)8(6-7)12(18)17-11-3-1-2-10(15)16-11/h1-6H,(H,16,17,18). The lowest BCUT2D eigenvalue weighted by Crippen LogP contribution is -2.13. The van der Waals surface area contributed by atoms with Crippen LogP contribution in [0, 0.1) is 5.95 Å². The van der Waals surface area contributed by atoms with Crippen molar-refractivity contribution in [3.63, 3.8) is 0 Å². The van der Waals surface area contributed by atoms with E-state index in [-0.39, 0.29) is 11.4 Å². The van der Waals surface area contributed by atoms with Gasteiger partial charge in [-0.15, -0.1) is 0 Å². The zero-order chi connectivity index (χ0) is 13.1. The second-order valence-electron chi connectivity index (χ2n) is 3.42. The second-order valence-corrected chi connectivity index (χ2v) is 4.75. The average molecular weight is 330 g/mol. The van der Waals surface area contributed by atoms with Crippen LogP contribution >= 0.6 is 27.5 Å². The van der Waals surface area contributed by atoms with Crippen molar-refractivity contribution < 1.29 is 9.18 Å². The highest BCUT2D eigenvalue weighted by atomic mass is 79.9. The lowest BCUT2D eigenvalue weighted by Gasteiger charge is -2.06. The summed E-state index contributed by atoms with van der Waals surface area (Å²) in [7, 11) is 0. The first-order valence-electron chi connectivity index (χ1n) is 4.95. The van der Waals surface area contributed by atoms with E-state index in [4.69, 9.17) is 11.6 Å². The number of nitrogens with one attached hydrogen (secondary N) is 1. The largest absolute Gasteiger partial charge is 0.306 e. The van der Waals surface area contributed by atoms with Gasteiger partial charge in [0.15, 0.2) is 0 Å². The number of nitrogens with zero attached hydrogens (tertiary/aromatic N) is 1. The van der Waals surface area contributed by atoms with E-state index in [1.165, 1.54) is 18.2 Å². The summed E-state index contributed by atoms with van der Waals surface area (Å²) >= 11 is 9.16. The number of hydrogen-bond donors (Lipinski definition) is 1. The van der Waals surface area contributed by atoms with Crippen molar-refractivity contribution in [2.24, 2.45) is 0 Å². The molecule has 0 saturated heterocycles. The zero-order valence-corrected chi connectivity index (χ0v) is 11.3. The van der Waals surface area contributed by atoms with Crippen LogP contribution in [0.3, 0.4) is 0 Å². The molecule has 0 unspecified atom stereocenters. The van der Waals surface area contributed by atoms with E-state index in [0.29, 0.717) is 5.02 Å². The first-order chi connectivity index (χ1) is 8.56. The third kappa shape index (κ3) is 3.05. The fourth-order valence-electron chi connectivity index (χ4n) is 1.33. The Morgan fingerprint density at radius 3 is 2.83 bits per heavy atom. The van der Waals surface area contributed by atoms with E-state index in [1.807, 2.05) is 0 Å². The van der Waals surface area contributed by atoms with Crippen LogP contribution in [0.4, 0.5) is 10.2 Å². The molecule has 0 saturated carbocycles. The number of anilines is 1. The Morgan fingerprint density at radius 1 is 1.33 bits per heavy atom. The molecule has 2 rings (SSSR count). The molecule has 0 radical (unpaired) electrons. The number of halogens is 3. The summed E-state index contributed by atoms with van der Waals surface area (Å²) in [6.07, 6.45) is 0. The molecule has 0 spiro atoms. The number of hydrogen-bond acceptors (Lipinski definition) is 2. The molecule has 1 aromatic heterocycles. The Hall–Kier alpha value is -1.46. The summed E-state index contributed by atoms with van der Waals surface area (Å²) < 4.78 is 13.6. The molecule has 1 aromatic carbocycles. The third-order valence-electron chi connectivity index (χ3n) is 2.13. The number of aromatic nitrogens is 1. The number of carbonyl (C=O) groups is 1. The predicted octanol–water partition coefficient (Wildman–Crippen LogP) is 3.89. The molecular weight excluding hydrogens is 322 g/mol. The van der Waals surface area contributed by atoms with Gasteiger partial charge in [-0.3, -0.25) is 4.79 Å². The molecule has 2 aromatic rings. The summed E-state index contributed by atoms with van der Waals surface area (Å²) in [5, 5.41) is 2.78. The van der Waals surface area contributed by atoms with Gasteiger partial charge in [0.1, 0.15) is 5.82 Å². The molecule has 3 nitrogen and oxygen atoms in total. The molecule has 1 N–H and O–H groups in total. The van der Waals surface area contributed by atoms with Gasteiger partial charge in [-0.2, -0.15) is 4.39 Å². The van der Waals surface area contributed by atoms with Gasteiger partial charge in [0.2, 0.25) is 5.95 Å². The molecular formula is C12H7BrClFN2O. The van der Waals surface area contributed by atoms with E-state index >= 15 is 0 Å². The SMILES string of the molecule is O=C(Nc1cccc(F)n1)c1cc(Br)ccc1Cl. The van der Waals surface area contributed by atoms with Gasteiger partial charge >= 0.3 is 0 Å². The predicted molar refractivity (Wildman–Crippen MR) is 71.3 cm³/mol. The summed E-state index contributed by atoms with van der Waals surface area (Å²) in [5.41, 5.74) is 0.289. The van der Waals surface area contributed by atoms with Crippen molar-refractivity contribution >= 4 is 39.3 Å². The highest BCUT2D eigenvalue weighted by Crippen LogP contribution is 2.21. The van der Waals surface area contributed by atoms with Crippen molar-refractivity contribution in [2.45, 2.75) is 0 Å². The molecule has 0 bridgehead atoms. The lowest BCUT2D eigenvalue weighted by molar-refractivity contribution is 0.102. The maximum atomic E-state index is 12.9. The molecule has 0 atom stereocenters. The Labute approximate surface area is 116 Å². The smallest absolute Gasteiger partial charge is 0.258 e. The van der Waals surface area contributed by atoms with Crippen molar-refractivity contribution in [3.8, 4) is 0 Å². The molecule has 6 heteroatoms. The molecule has 92 valence electrons. The van der Waals surface area contributed by atoms with Gasteiger partial charge in [0, 0.05) is 4.47 Å². The maximum absolute atomic E-state index is 12.9. The van der Waals surface area contributed by atoms with Crippen molar-refractivity contribution in [2.75, 3.05) is 5.32 Å². The summed E-state index contributed by atoms with van der Waals surface area (Å²) in [5.74, 6) is -0.969. The summed E-state index contributed by atoms with van der Waals surface area (Å²) in [6.45, 7) is 0. The van der Waals surface area contributed by atoms with E-state index in [1.54, 1.807) is 18.2 Å². The monoisotopic (exact) mass is 328 g/mol. The maximum Gasteiger partial charge on any atom is 0.258 e. The minimum atomic E-state index is -0.659. The van der Waals surface area contributed by atoms with Gasteiger partial charge in [0.05, 0.1) is 10.6 Å². The number of rotatable bonds is 2. The van der Waals surface area contributed by atoms with Gasteiger partial charge in [-0.25, -0.2) is 4.98 Å². The average Bonchev–Trinajstić information content (AvgIpc) is 2.32. The van der Waals surface area contributed by atoms with Crippen molar-refractivity contribution in [3.05, 3.63) is 57.4 Å². The van der Waals surface area contributed by atoms with Crippen LogP contribution in [0.2, 0.25) is 5.02 Å². The fraction of sp³-hybridized carbons (Fsp3) is 0. The molecule has 0 aliphatic rings. The van der Waals surface area contributed by atoms with Crippen LogP contribution < -0.4 is 5.32 Å². The number of amides is 1. The normalized spacial score (nSPS) is 10.2. The minimum Gasteiger partial charge on any atom is -0.306 e. The highest BCUT2D eigenvalue weighted by Gasteiger charge is 2.11. The minimum absolute atomic E-state index is 0.135. The Morgan fingerprint density at radius 2 is 2.11 bits per heavy atom. The van der Waals surface area contributed by atoms with Crippen molar-refractivity contribution in [1.29, 1.82) is 0 Å². The molecule has 18 heavy (non-hydrogen) atoms. The van der Waals surface area contributed by atoms with Crippen LogP contribution in [0.1, 0.15) is 10.4 Å². The molecule has 0 aliphatic heterocycles. The fourth-order valence-corrected chi connectivity index (χ4v) is 1.90. The van der Waals surface area contributed by atoms with Gasteiger partial charge in [-0.1, -0.05) is 33.6 Å². The van der Waals surface area contributed by atoms with Crippen molar-refractivity contribution in [1.82, 2.24) is 4.98 Å². The Balaban J connectivity index is 2.24. The molecule has 0 aliphatic carbocycles. The van der Waals surface area contributed by atoms with Gasteiger partial charge in [-0.05, 0) is 30.3 Å². The van der Waals surface area contributed by atoms with Gasteiger partial charge in [0.25, 0.3) is 5.91 Å². The number of benzene rings is 1. The highest BCUT2D eigenvalue weighted by molar-refractivity contribution is 9.10. The molecule has 1 amide bonds. The van der Waals surface area contributed by atoms with Crippen LogP contribution in [0.15, 0.2) is 40.9 Å². The van der Waals surface area contributed by atoms with Gasteiger partial charge < -0.3 is 5.32 Å². The van der Waals surface area contributed by atoms with E-state index in [0.717, 1.165) is 4.47 Å². The zero-order valence-electron chi connectivity index (χ0n) is 8.95. The number of pyridine rings is 1. The second kappa shape index (κ2) is 5.46. The number of carbonyl (C=O) groups excluding carboxylic acids is 1. The lowest BCUT2D eigenvalue weighted by atomic mass is 10.2. The Kier molecular flexibility index (Phi) is 3.93. The summed E-state index contributed by atoms with van der Waals surface area (Å²) in [6, 6.07) is 9.05. The van der Waals surface area contributed by atoms with E-state index < -0.39 is 11.9 Å². The first kappa shape index (κ1) is 13.0. The van der Waals surface area contributed by atoms with Crippen LogP contribution in [0.5, 0.6) is 0 Å². The Bertz CT molecular complexity index is 606. The first-order valence-corrected chi connectivity index (χ1v) is 6.12. The van der Waals surface area contributed by atoms with Crippen LogP contribution in [-0.2, 0) is 0 Å².